The molecule has 31 heavy (non-hydrogen) atoms. The molecule has 0 bridgehead atoms. The normalized spacial score (nSPS) is 21.3. The average molecular weight is 457 g/mol. The Morgan fingerprint density at radius 3 is 2.23 bits per heavy atom. The van der Waals surface area contributed by atoms with Crippen molar-refractivity contribution in [3.63, 3.8) is 0 Å². The molecule has 1 N–H and O–H groups in total. The number of rotatable bonds is 8. The van der Waals surface area contributed by atoms with Gasteiger partial charge in [-0.05, 0) is 54.8 Å². The average Bonchev–Trinajstić information content (AvgIpc) is 3.26. The fraction of sp³-hybridized carbons (Fsp3) is 0.240. The molecule has 0 heterocycles. The van der Waals surface area contributed by atoms with E-state index in [1.54, 1.807) is 24.3 Å². The molecule has 3 aromatic rings. The second kappa shape index (κ2) is 8.45. The first kappa shape index (κ1) is 21.5. The van der Waals surface area contributed by atoms with Crippen molar-refractivity contribution in [1.29, 1.82) is 0 Å². The molecule has 1 saturated carbocycles. The molecule has 0 spiro atoms. The summed E-state index contributed by atoms with van der Waals surface area (Å²) < 4.78 is 10.1. The molecule has 0 saturated heterocycles. The highest BCUT2D eigenvalue weighted by molar-refractivity contribution is 6.54. The largest absolute Gasteiger partial charge is 0.494 e. The van der Waals surface area contributed by atoms with Gasteiger partial charge in [-0.15, -0.1) is 0 Å². The second-order valence-corrected chi connectivity index (χ2v) is 8.86. The van der Waals surface area contributed by atoms with Gasteiger partial charge < -0.3 is 14.6 Å². The number of benzene rings is 3. The minimum absolute atomic E-state index is 0.357. The van der Waals surface area contributed by atoms with Crippen LogP contribution >= 0.6 is 23.2 Å². The smallest absolute Gasteiger partial charge is 0.317 e. The van der Waals surface area contributed by atoms with E-state index in [0.29, 0.717) is 35.8 Å². The molecule has 4 rings (SSSR count). The maximum Gasteiger partial charge on any atom is 0.317 e. The molecule has 6 heteroatoms. The van der Waals surface area contributed by atoms with E-state index in [2.05, 4.69) is 0 Å². The van der Waals surface area contributed by atoms with Crippen LogP contribution < -0.4 is 9.47 Å². The third kappa shape index (κ3) is 3.75. The zero-order valence-electron chi connectivity index (χ0n) is 16.9. The van der Waals surface area contributed by atoms with Crippen molar-refractivity contribution in [3.8, 4) is 17.2 Å². The number of para-hydroxylation sites is 2. The molecule has 1 aliphatic rings. The van der Waals surface area contributed by atoms with Crippen molar-refractivity contribution >= 4 is 29.2 Å². The lowest BCUT2D eigenvalue weighted by molar-refractivity contribution is -0.140. The van der Waals surface area contributed by atoms with Crippen LogP contribution in [0, 0.1) is 5.92 Å². The third-order valence-electron chi connectivity index (χ3n) is 5.73. The van der Waals surface area contributed by atoms with Gasteiger partial charge in [-0.1, -0.05) is 71.7 Å². The molecule has 0 radical (unpaired) electrons. The monoisotopic (exact) mass is 456 g/mol. The lowest BCUT2D eigenvalue weighted by Crippen LogP contribution is -2.27. The summed E-state index contributed by atoms with van der Waals surface area (Å²) in [4.78, 5) is 12.5. The SMILES string of the molecule is CCOc1ccc(C2(C(=O)O)C(Cc3ccccc3Oc3ccccc3)C2(Cl)Cl)cc1. The minimum atomic E-state index is -1.45. The van der Waals surface area contributed by atoms with E-state index in [-0.39, 0.29) is 0 Å². The van der Waals surface area contributed by atoms with Crippen LogP contribution in [0.3, 0.4) is 0 Å². The summed E-state index contributed by atoms with van der Waals surface area (Å²) in [5, 5.41) is 10.2. The van der Waals surface area contributed by atoms with E-state index >= 15 is 0 Å². The number of ether oxygens (including phenoxy) is 2. The van der Waals surface area contributed by atoms with Crippen molar-refractivity contribution < 1.29 is 19.4 Å². The number of carboxylic acid groups (broad SMARTS) is 1. The van der Waals surface area contributed by atoms with Crippen molar-refractivity contribution in [3.05, 3.63) is 90.0 Å². The van der Waals surface area contributed by atoms with Crippen LogP contribution in [0.4, 0.5) is 0 Å². The van der Waals surface area contributed by atoms with Crippen LogP contribution in [0.15, 0.2) is 78.9 Å². The number of aliphatic carboxylic acids is 1. The molecular formula is C25H22Cl2O4. The number of carboxylic acids is 1. The van der Waals surface area contributed by atoms with Crippen LogP contribution in [0.1, 0.15) is 18.1 Å². The second-order valence-electron chi connectivity index (χ2n) is 7.47. The summed E-state index contributed by atoms with van der Waals surface area (Å²) in [6.45, 7) is 2.42. The standard InChI is InChI=1S/C25H22Cl2O4/c1-2-30-19-14-12-18(13-15-19)24(23(28)29)22(25(24,26)27)16-17-8-6-7-11-21(17)31-20-9-4-3-5-10-20/h3-15,22H,2,16H2,1H3,(H,28,29). The van der Waals surface area contributed by atoms with Gasteiger partial charge in [0.25, 0.3) is 0 Å². The minimum Gasteiger partial charge on any atom is -0.494 e. The van der Waals surface area contributed by atoms with Gasteiger partial charge in [-0.25, -0.2) is 0 Å². The molecule has 2 unspecified atom stereocenters. The van der Waals surface area contributed by atoms with Gasteiger partial charge in [0.15, 0.2) is 0 Å². The van der Waals surface area contributed by atoms with E-state index < -0.39 is 21.6 Å². The highest BCUT2D eigenvalue weighted by Gasteiger charge is 2.81. The number of hydrogen-bond donors (Lipinski definition) is 1. The fourth-order valence-electron chi connectivity index (χ4n) is 4.15. The summed E-state index contributed by atoms with van der Waals surface area (Å²) >= 11 is 13.3. The molecule has 160 valence electrons. The molecule has 0 aromatic heterocycles. The lowest BCUT2D eigenvalue weighted by Gasteiger charge is -2.15. The van der Waals surface area contributed by atoms with Gasteiger partial charge in [0.05, 0.1) is 6.61 Å². The van der Waals surface area contributed by atoms with Gasteiger partial charge >= 0.3 is 5.97 Å². The van der Waals surface area contributed by atoms with E-state index in [0.717, 1.165) is 5.56 Å². The Morgan fingerprint density at radius 2 is 1.58 bits per heavy atom. The first-order valence-electron chi connectivity index (χ1n) is 10.1. The Kier molecular flexibility index (Phi) is 5.87. The molecule has 4 nitrogen and oxygen atoms in total. The first-order valence-corrected chi connectivity index (χ1v) is 10.8. The number of halogens is 2. The highest BCUT2D eigenvalue weighted by atomic mass is 35.5. The zero-order valence-corrected chi connectivity index (χ0v) is 18.4. The van der Waals surface area contributed by atoms with Crippen molar-refractivity contribution in [2.45, 2.75) is 23.1 Å². The topological polar surface area (TPSA) is 55.8 Å². The zero-order chi connectivity index (χ0) is 22.1. The van der Waals surface area contributed by atoms with Gasteiger partial charge in [0.2, 0.25) is 0 Å². The maximum absolute atomic E-state index is 12.5. The lowest BCUT2D eigenvalue weighted by atomic mass is 9.91. The van der Waals surface area contributed by atoms with E-state index in [1.807, 2.05) is 61.5 Å². The van der Waals surface area contributed by atoms with Crippen LogP contribution in [-0.4, -0.2) is 22.0 Å². The van der Waals surface area contributed by atoms with Crippen LogP contribution in [0.25, 0.3) is 0 Å². The summed E-state index contributed by atoms with van der Waals surface area (Å²) in [6, 6.07) is 23.9. The van der Waals surface area contributed by atoms with Gasteiger partial charge in [0.1, 0.15) is 27.0 Å². The molecule has 1 aliphatic carbocycles. The Balaban J connectivity index is 1.65. The first-order chi connectivity index (χ1) is 14.9. The summed E-state index contributed by atoms with van der Waals surface area (Å²) in [5.74, 6) is 0.438. The van der Waals surface area contributed by atoms with Crippen molar-refractivity contribution in [2.24, 2.45) is 5.92 Å². The quantitative estimate of drug-likeness (QED) is 0.407. The third-order valence-corrected chi connectivity index (χ3v) is 6.85. The summed E-state index contributed by atoms with van der Waals surface area (Å²) in [7, 11) is 0. The highest BCUT2D eigenvalue weighted by Crippen LogP contribution is 2.71. The fourth-order valence-corrected chi connectivity index (χ4v) is 5.17. The number of alkyl halides is 2. The van der Waals surface area contributed by atoms with E-state index in [1.165, 1.54) is 0 Å². The Hall–Kier alpha value is -2.69. The predicted octanol–water partition coefficient (Wildman–Crippen LogP) is 6.25. The van der Waals surface area contributed by atoms with Gasteiger partial charge in [-0.2, -0.15) is 0 Å². The summed E-state index contributed by atoms with van der Waals surface area (Å²) in [5.41, 5.74) is -0.0169. The molecule has 3 aromatic carbocycles. The van der Waals surface area contributed by atoms with Crippen LogP contribution in [0.5, 0.6) is 17.2 Å². The van der Waals surface area contributed by atoms with Crippen LogP contribution in [0.2, 0.25) is 0 Å². The molecular weight excluding hydrogens is 435 g/mol. The van der Waals surface area contributed by atoms with Crippen LogP contribution in [-0.2, 0) is 16.6 Å². The van der Waals surface area contributed by atoms with E-state index in [4.69, 9.17) is 32.7 Å². The molecule has 0 aliphatic heterocycles. The maximum atomic E-state index is 12.5. The molecule has 0 amide bonds. The Bertz CT molecular complexity index is 1070. The molecule has 1 fully saturated rings. The number of carbonyl (C=O) groups is 1. The summed E-state index contributed by atoms with van der Waals surface area (Å²) in [6.07, 6.45) is 0.357. The van der Waals surface area contributed by atoms with E-state index in [9.17, 15) is 9.90 Å². The van der Waals surface area contributed by atoms with Crippen molar-refractivity contribution in [2.75, 3.05) is 6.61 Å². The Morgan fingerprint density at radius 1 is 0.935 bits per heavy atom. The Labute approximate surface area is 191 Å². The number of hydrogen-bond acceptors (Lipinski definition) is 3. The van der Waals surface area contributed by atoms with Gasteiger partial charge in [-0.3, -0.25) is 4.79 Å². The van der Waals surface area contributed by atoms with Gasteiger partial charge in [0, 0.05) is 5.92 Å². The molecule has 2 atom stereocenters. The van der Waals surface area contributed by atoms with Crippen molar-refractivity contribution in [1.82, 2.24) is 0 Å². The predicted molar refractivity (Wildman–Crippen MR) is 122 cm³/mol.